The van der Waals surface area contributed by atoms with E-state index < -0.39 is 0 Å². The largest absolute Gasteiger partial charge is 0.507 e. The summed E-state index contributed by atoms with van der Waals surface area (Å²) < 4.78 is 0. The van der Waals surface area contributed by atoms with Crippen molar-refractivity contribution in [2.75, 3.05) is 48.3 Å². The van der Waals surface area contributed by atoms with E-state index in [0.29, 0.717) is 34.6 Å². The van der Waals surface area contributed by atoms with Gasteiger partial charge in [0.25, 0.3) is 0 Å². The summed E-state index contributed by atoms with van der Waals surface area (Å²) in [5.41, 5.74) is 11.2. The smallest absolute Gasteiger partial charge is 0.169 e. The highest BCUT2D eigenvalue weighted by Crippen LogP contribution is 2.51. The Labute approximate surface area is 229 Å². The van der Waals surface area contributed by atoms with E-state index >= 15 is 0 Å². The van der Waals surface area contributed by atoms with Crippen molar-refractivity contribution in [2.24, 2.45) is 5.41 Å². The van der Waals surface area contributed by atoms with Crippen molar-refractivity contribution in [3.63, 3.8) is 0 Å². The molecule has 4 aliphatic rings. The molecule has 7 rings (SSSR count). The van der Waals surface area contributed by atoms with Crippen molar-refractivity contribution >= 4 is 17.2 Å². The number of hydrogen-bond acceptors (Lipinski definition) is 8. The van der Waals surface area contributed by atoms with Crippen LogP contribution in [0.2, 0.25) is 0 Å². The number of aromatic hydroxyl groups is 1. The molecule has 0 amide bonds. The van der Waals surface area contributed by atoms with Crippen LogP contribution in [-0.4, -0.2) is 70.0 Å². The summed E-state index contributed by atoms with van der Waals surface area (Å²) in [6.45, 7) is 4.93. The predicted octanol–water partition coefficient (Wildman–Crippen LogP) is 3.91. The van der Waals surface area contributed by atoms with Crippen molar-refractivity contribution in [3.8, 4) is 28.8 Å². The molecular weight excluding hydrogens is 486 g/mol. The first-order chi connectivity index (χ1) is 19.1. The van der Waals surface area contributed by atoms with Crippen LogP contribution in [0.5, 0.6) is 5.75 Å². The molecule has 3 aliphatic heterocycles. The molecule has 1 aromatic carbocycles. The zero-order chi connectivity index (χ0) is 26.4. The molecule has 1 spiro atoms. The summed E-state index contributed by atoms with van der Waals surface area (Å²) in [7, 11) is 0. The number of rotatable bonds is 4. The van der Waals surface area contributed by atoms with Gasteiger partial charge in [0, 0.05) is 49.2 Å². The highest BCUT2D eigenvalue weighted by Gasteiger charge is 2.45. The van der Waals surface area contributed by atoms with Crippen molar-refractivity contribution < 1.29 is 5.11 Å². The molecule has 3 N–H and O–H groups in total. The molecule has 0 radical (unpaired) electrons. The van der Waals surface area contributed by atoms with E-state index in [1.165, 1.54) is 44.5 Å². The number of fused-ring (bicyclic) bond motifs is 2. The highest BCUT2D eigenvalue weighted by atomic mass is 16.3. The van der Waals surface area contributed by atoms with Crippen LogP contribution >= 0.6 is 0 Å². The Morgan fingerprint density at radius 1 is 1.03 bits per heavy atom. The summed E-state index contributed by atoms with van der Waals surface area (Å²) >= 11 is 0. The Morgan fingerprint density at radius 2 is 1.85 bits per heavy atom. The van der Waals surface area contributed by atoms with Crippen LogP contribution in [-0.2, 0) is 0 Å². The number of nitrogens with two attached hydrogens (primary N) is 1. The highest BCUT2D eigenvalue weighted by molar-refractivity contribution is 5.74. The molecule has 2 aromatic heterocycles. The lowest BCUT2D eigenvalue weighted by Crippen LogP contribution is -2.54. The van der Waals surface area contributed by atoms with Gasteiger partial charge in [0.15, 0.2) is 5.82 Å². The van der Waals surface area contributed by atoms with Crippen LogP contribution in [0.15, 0.2) is 48.7 Å². The summed E-state index contributed by atoms with van der Waals surface area (Å²) in [5.74, 6) is 7.36. The molecule has 3 aromatic rings. The van der Waals surface area contributed by atoms with Crippen LogP contribution in [0, 0.1) is 17.3 Å². The molecule has 5 heterocycles. The third-order valence-electron chi connectivity index (χ3n) is 9.06. The van der Waals surface area contributed by atoms with Crippen molar-refractivity contribution in [1.82, 2.24) is 20.1 Å². The lowest BCUT2D eigenvalue weighted by atomic mass is 9.95. The minimum absolute atomic E-state index is 0.187. The zero-order valence-electron chi connectivity index (χ0n) is 22.3. The van der Waals surface area contributed by atoms with E-state index in [9.17, 15) is 5.11 Å². The number of likely N-dealkylation sites (tertiary alicyclic amines) is 1. The second-order valence-electron chi connectivity index (χ2n) is 11.7. The van der Waals surface area contributed by atoms with Crippen molar-refractivity contribution in [2.45, 2.75) is 50.6 Å². The number of benzene rings is 1. The minimum Gasteiger partial charge on any atom is -0.507 e. The Kier molecular flexibility index (Phi) is 6.04. The summed E-state index contributed by atoms with van der Waals surface area (Å²) in [4.78, 5) is 12.0. The van der Waals surface area contributed by atoms with E-state index in [1.807, 2.05) is 24.4 Å². The second-order valence-corrected chi connectivity index (χ2v) is 11.7. The first-order valence-electron chi connectivity index (χ1n) is 14.2. The number of anilines is 3. The first kappa shape index (κ1) is 24.2. The van der Waals surface area contributed by atoms with Gasteiger partial charge in [-0.05, 0) is 86.7 Å². The molecule has 4 fully saturated rings. The predicted molar refractivity (Wildman–Crippen MR) is 154 cm³/mol. The lowest BCUT2D eigenvalue weighted by Gasteiger charge is -2.43. The second kappa shape index (κ2) is 9.73. The number of pyridine rings is 1. The zero-order valence-corrected chi connectivity index (χ0v) is 22.3. The van der Waals surface area contributed by atoms with Gasteiger partial charge in [-0.15, -0.1) is 10.2 Å². The average molecular weight is 522 g/mol. The van der Waals surface area contributed by atoms with Crippen LogP contribution in [0.3, 0.4) is 0 Å². The lowest BCUT2D eigenvalue weighted by molar-refractivity contribution is 0.179. The number of para-hydroxylation sites is 1. The average Bonchev–Trinajstić information content (AvgIpc) is 3.63. The van der Waals surface area contributed by atoms with Gasteiger partial charge in [-0.1, -0.05) is 18.1 Å². The maximum absolute atomic E-state index is 10.3. The topological polar surface area (TPSA) is 94.6 Å². The van der Waals surface area contributed by atoms with Gasteiger partial charge in [-0.25, -0.2) is 4.98 Å². The van der Waals surface area contributed by atoms with Gasteiger partial charge in [0.2, 0.25) is 0 Å². The normalized spacial score (nSPS) is 23.5. The molecule has 1 aliphatic carbocycles. The molecule has 39 heavy (non-hydrogen) atoms. The molecule has 2 bridgehead atoms. The Balaban J connectivity index is 1.06. The van der Waals surface area contributed by atoms with Gasteiger partial charge in [-0.2, -0.15) is 0 Å². The summed E-state index contributed by atoms with van der Waals surface area (Å²) in [5, 5.41) is 18.8. The third kappa shape index (κ3) is 4.76. The van der Waals surface area contributed by atoms with Gasteiger partial charge < -0.3 is 20.6 Å². The number of phenols is 1. The van der Waals surface area contributed by atoms with Gasteiger partial charge >= 0.3 is 0 Å². The maximum Gasteiger partial charge on any atom is 0.169 e. The number of phenolic OH excluding ortho intramolecular Hbond substituents is 1. The van der Waals surface area contributed by atoms with Crippen LogP contribution in [0.1, 0.15) is 44.2 Å². The van der Waals surface area contributed by atoms with E-state index in [-0.39, 0.29) is 5.75 Å². The van der Waals surface area contributed by atoms with Crippen molar-refractivity contribution in [3.05, 3.63) is 54.4 Å². The molecule has 8 nitrogen and oxygen atoms in total. The van der Waals surface area contributed by atoms with Crippen LogP contribution < -0.4 is 15.5 Å². The van der Waals surface area contributed by atoms with Crippen LogP contribution in [0.25, 0.3) is 11.3 Å². The van der Waals surface area contributed by atoms with E-state index in [2.05, 4.69) is 53.9 Å². The van der Waals surface area contributed by atoms with Gasteiger partial charge in [-0.3, -0.25) is 4.90 Å². The fourth-order valence-corrected chi connectivity index (χ4v) is 6.91. The number of nitrogen functional groups attached to an aromatic ring is 1. The number of hydrogen-bond donors (Lipinski definition) is 2. The van der Waals surface area contributed by atoms with E-state index in [0.717, 1.165) is 43.9 Å². The molecule has 2 unspecified atom stereocenters. The SMILES string of the molecule is Nc1nnc(-c2ccccc2O)cc1N1CC2CCC(C1)N2c1ccnc(C#CCN2CCCC3(CC3)C2)c1. The number of piperazine rings is 1. The summed E-state index contributed by atoms with van der Waals surface area (Å²) in [6.07, 6.45) is 9.67. The van der Waals surface area contributed by atoms with Crippen LogP contribution in [0.4, 0.5) is 17.2 Å². The minimum atomic E-state index is 0.187. The molecule has 200 valence electrons. The molecule has 3 saturated heterocycles. The Morgan fingerprint density at radius 3 is 2.64 bits per heavy atom. The van der Waals surface area contributed by atoms with E-state index in [4.69, 9.17) is 5.73 Å². The number of piperidine rings is 1. The molecular formula is C31H35N7O. The fourth-order valence-electron chi connectivity index (χ4n) is 6.91. The Hall–Kier alpha value is -3.83. The maximum atomic E-state index is 10.3. The number of aromatic nitrogens is 3. The third-order valence-corrected chi connectivity index (χ3v) is 9.06. The molecule has 1 saturated carbocycles. The fraction of sp³-hybridized carbons (Fsp3) is 0.452. The molecule has 2 atom stereocenters. The summed E-state index contributed by atoms with van der Waals surface area (Å²) in [6, 6.07) is 14.2. The standard InChI is InChI=1S/C31H35N7O/c32-30-28(18-27(34-35-30)26-6-1-2-7-29(26)39)37-19-24-8-9-25(20-37)38(24)23-10-14-33-22(17-23)5-3-15-36-16-4-11-31(21-36)12-13-31/h1-2,6-7,10,14,17-18,24-25,39H,4,8-9,11-13,15-16,19-21H2,(H2,32,35). The quantitative estimate of drug-likeness (QED) is 0.499. The number of nitrogens with zero attached hydrogens (tertiary/aromatic N) is 6. The Bertz CT molecular complexity index is 1430. The van der Waals surface area contributed by atoms with Crippen molar-refractivity contribution in [1.29, 1.82) is 0 Å². The van der Waals surface area contributed by atoms with Gasteiger partial charge in [0.1, 0.15) is 11.4 Å². The monoisotopic (exact) mass is 521 g/mol. The van der Waals surface area contributed by atoms with E-state index in [1.54, 1.807) is 12.1 Å². The first-order valence-corrected chi connectivity index (χ1v) is 14.2. The molecule has 8 heteroatoms. The van der Waals surface area contributed by atoms with Gasteiger partial charge in [0.05, 0.1) is 17.9 Å².